The molecule has 0 aliphatic rings. The number of rotatable bonds is 0. The Morgan fingerprint density at radius 3 is 1.04 bits per heavy atom. The van der Waals surface area contributed by atoms with E-state index in [4.69, 9.17) is 0 Å². The minimum Gasteiger partial charge on any atom is -0.549 e. The van der Waals surface area contributed by atoms with Gasteiger partial charge in [-0.1, -0.05) is 0 Å². The van der Waals surface area contributed by atoms with E-state index in [-0.39, 0.29) is 335 Å². The maximum Gasteiger partial charge on any atom is 0.0652 e. The predicted octanol–water partition coefficient (Wildman–Crippen LogP) is 3.67. The molecule has 3 aromatic rings. The van der Waals surface area contributed by atoms with E-state index in [0.29, 0.717) is 0 Å². The molecular weight excluding hydrogens is 1100 g/mol. The summed E-state index contributed by atoms with van der Waals surface area (Å²) >= 11 is 0. The molecule has 3 rings (SSSR count). The summed E-state index contributed by atoms with van der Waals surface area (Å²) in [6.07, 6.45) is 6.62. The number of hydrogen-bond acceptors (Lipinski definition) is 0. The average molecular weight is 1110 g/mol. The van der Waals surface area contributed by atoms with Gasteiger partial charge in [-0.05, 0) is 24.3 Å². The van der Waals surface area contributed by atoms with Gasteiger partial charge >= 0.3 is 0 Å². The van der Waals surface area contributed by atoms with Crippen LogP contribution >= 0.6 is 0 Å². The Morgan fingerprint density at radius 2 is 0.815 bits per heavy atom. The van der Waals surface area contributed by atoms with Crippen molar-refractivity contribution in [2.24, 2.45) is 0 Å². The van der Waals surface area contributed by atoms with E-state index in [9.17, 15) is 0 Å². The minimum absolute atomic E-state index is 0. The zero-order valence-electron chi connectivity index (χ0n) is 15.9. The van der Waals surface area contributed by atoms with Gasteiger partial charge in [0.2, 0.25) is 0 Å². The van der Waals surface area contributed by atoms with Crippen molar-refractivity contribution in [2.45, 2.75) is 0 Å². The number of allylic oxidation sites excluding steroid dienone is 2. The number of aromatic nitrogens is 2. The number of nitrogens with zero attached hydrogens (tertiary/aromatic N) is 2. The van der Waals surface area contributed by atoms with Crippen LogP contribution < -0.4 is 0 Å². The maximum atomic E-state index is 4.61. The van der Waals surface area contributed by atoms with Crippen molar-refractivity contribution >= 4 is 11.0 Å². The molecule has 10 radical (unpaired) electrons. The Bertz CT molecular complexity index is 462. The zero-order valence-corrected chi connectivity index (χ0v) is 44.2. The molecule has 0 aromatic carbocycles. The van der Waals surface area contributed by atoms with Crippen molar-refractivity contribution in [1.29, 1.82) is 0 Å². The van der Waals surface area contributed by atoms with Crippen LogP contribution in [0.2, 0.25) is 0 Å². The molecule has 3 heterocycles. The van der Waals surface area contributed by atoms with Gasteiger partial charge in [0, 0.05) is 339 Å². The van der Waals surface area contributed by atoms with Gasteiger partial charge in [-0.2, -0.15) is 0 Å². The van der Waals surface area contributed by atoms with Gasteiger partial charge in [0.05, 0.1) is 11.0 Å². The molecule has 0 unspecified atom stereocenters. The second-order valence-corrected chi connectivity index (χ2v) is 2.98. The molecule has 0 bridgehead atoms. The third-order valence-electron chi connectivity index (χ3n) is 1.94. The molecule has 0 aliphatic heterocycles. The molecule has 0 amide bonds. The Labute approximate surface area is 418 Å². The number of hydrogen-bond donors (Lipinski definition) is 0. The van der Waals surface area contributed by atoms with E-state index < -0.39 is 0 Å². The first kappa shape index (κ1) is 70.5. The smallest absolute Gasteiger partial charge is 0.0652 e. The van der Waals surface area contributed by atoms with Gasteiger partial charge < -0.3 is 46.6 Å². The van der Waals surface area contributed by atoms with Crippen LogP contribution in [0.5, 0.6) is 0 Å². The molecule has 0 saturated heterocycles. The third kappa shape index (κ3) is 29.2. The first-order valence-corrected chi connectivity index (χ1v) is 4.80. The first-order chi connectivity index (χ1) is 7.78. The van der Waals surface area contributed by atoms with E-state index in [2.05, 4.69) is 72.7 Å². The SMILES string of the molecule is [CH-]=C[CH2-].[CH-]=C[CH2-].[CH3-].[Y].[Y].[Y].[Y].[Y].[Y].[Y].[Y].[Y].[Y].c1cc2ccn3ccc1n23. The molecule has 122 valence electrons. The van der Waals surface area contributed by atoms with Gasteiger partial charge in [0.25, 0.3) is 0 Å². The van der Waals surface area contributed by atoms with Crippen molar-refractivity contribution < 1.29 is 327 Å². The molecule has 2 nitrogen and oxygen atoms in total. The summed E-state index contributed by atoms with van der Waals surface area (Å²) in [6, 6.07) is 8.45. The van der Waals surface area contributed by atoms with Gasteiger partial charge in [0.15, 0.2) is 0 Å². The summed E-state index contributed by atoms with van der Waals surface area (Å²) < 4.78 is 4.24. The Balaban J connectivity index is -0.0000000155. The quantitative estimate of drug-likeness (QED) is 0.305. The summed E-state index contributed by atoms with van der Waals surface area (Å²) in [5.41, 5.74) is 2.53. The van der Waals surface area contributed by atoms with Gasteiger partial charge in [0.1, 0.15) is 0 Å². The van der Waals surface area contributed by atoms with E-state index in [1.807, 2.05) is 0 Å². The standard InChI is InChI=1S/C8H6N2.2C3H4.CH3.10Y/c1-2-8-4-6-9-5-3-7(1)10(8)9;2*1-3-2;;;;;;;;;;;/h1-6H;2*1,3H,2H2;1H3;;;;;;;;;;/q;2*-2;-1;;;;;;;;;;. The minimum atomic E-state index is 0. The van der Waals surface area contributed by atoms with Crippen molar-refractivity contribution in [3.63, 3.8) is 0 Å². The fourth-order valence-electron chi connectivity index (χ4n) is 1.47. The summed E-state index contributed by atoms with van der Waals surface area (Å²) in [4.78, 5) is 0. The van der Waals surface area contributed by atoms with Crippen molar-refractivity contribution in [1.82, 2.24) is 9.03 Å². The monoisotopic (exact) mass is 1110 g/mol. The van der Waals surface area contributed by atoms with Crippen LogP contribution in [0.1, 0.15) is 0 Å². The van der Waals surface area contributed by atoms with Crippen LogP contribution in [0.3, 0.4) is 0 Å². The molecule has 27 heavy (non-hydrogen) atoms. The van der Waals surface area contributed by atoms with Crippen LogP contribution in [0, 0.1) is 34.4 Å². The van der Waals surface area contributed by atoms with Gasteiger partial charge in [-0.3, -0.25) is 9.03 Å². The molecular formula is C15H17N2Y10-5. The van der Waals surface area contributed by atoms with Crippen LogP contribution in [-0.2, 0) is 327 Å². The first-order valence-electron chi connectivity index (χ1n) is 4.80. The molecule has 12 heteroatoms. The van der Waals surface area contributed by atoms with Crippen molar-refractivity contribution in [3.8, 4) is 0 Å². The average Bonchev–Trinajstić information content (AvgIpc) is 2.91. The van der Waals surface area contributed by atoms with Crippen LogP contribution in [0.15, 0.2) is 48.8 Å². The Morgan fingerprint density at radius 1 is 0.593 bits per heavy atom. The Hall–Kier alpha value is 8.82. The normalized spacial score (nSPS) is 5.33. The molecule has 0 spiro atoms. The van der Waals surface area contributed by atoms with Crippen LogP contribution in [-0.4, -0.2) is 9.03 Å². The Kier molecular flexibility index (Phi) is 125. The molecule has 0 N–H and O–H groups in total. The van der Waals surface area contributed by atoms with Crippen molar-refractivity contribution in [2.75, 3.05) is 0 Å². The molecule has 0 aliphatic carbocycles. The van der Waals surface area contributed by atoms with E-state index in [0.717, 1.165) is 0 Å². The molecule has 0 saturated carbocycles. The van der Waals surface area contributed by atoms with E-state index >= 15 is 0 Å². The second kappa shape index (κ2) is 47.9. The van der Waals surface area contributed by atoms with Gasteiger partial charge in [-0.25, -0.2) is 0 Å². The summed E-state index contributed by atoms with van der Waals surface area (Å²) in [6.45, 7) is 15.5. The predicted molar refractivity (Wildman–Crippen MR) is 74.4 cm³/mol. The van der Waals surface area contributed by atoms with Crippen LogP contribution in [0.25, 0.3) is 11.0 Å². The summed E-state index contributed by atoms with van der Waals surface area (Å²) in [5, 5.41) is 0. The fourth-order valence-corrected chi connectivity index (χ4v) is 1.47. The van der Waals surface area contributed by atoms with Gasteiger partial charge in [-0.15, -0.1) is 0 Å². The zero-order chi connectivity index (χ0) is 12.0. The molecule has 3 aromatic heterocycles. The largest absolute Gasteiger partial charge is 0.549 e. The van der Waals surface area contributed by atoms with E-state index in [1.165, 1.54) is 23.2 Å². The molecule has 0 atom stereocenters. The molecule has 0 fully saturated rings. The second-order valence-electron chi connectivity index (χ2n) is 2.98. The van der Waals surface area contributed by atoms with Crippen molar-refractivity contribution in [3.05, 3.63) is 83.2 Å². The summed E-state index contributed by atoms with van der Waals surface area (Å²) in [7, 11) is 0. The van der Waals surface area contributed by atoms with E-state index in [1.54, 1.807) is 0 Å². The van der Waals surface area contributed by atoms with Crippen LogP contribution in [0.4, 0.5) is 0 Å². The topological polar surface area (TPSA) is 8.82 Å². The third-order valence-corrected chi connectivity index (χ3v) is 1.94. The maximum absolute atomic E-state index is 4.61. The summed E-state index contributed by atoms with van der Waals surface area (Å²) in [5.74, 6) is 0. The fraction of sp³-hybridized carbons (Fsp3) is 0.